The first kappa shape index (κ1) is 14.9. The number of hydrogen-bond acceptors (Lipinski definition) is 3. The number of ether oxygens (including phenoxy) is 1. The number of halogens is 3. The predicted octanol–water partition coefficient (Wildman–Crippen LogP) is 4.84. The van der Waals surface area contributed by atoms with Gasteiger partial charge in [0.05, 0.1) is 4.92 Å². The van der Waals surface area contributed by atoms with Crippen LogP contribution >= 0.6 is 31.9 Å². The van der Waals surface area contributed by atoms with Crippen LogP contribution in [-0.4, -0.2) is 4.92 Å². The minimum Gasteiger partial charge on any atom is -0.486 e. The summed E-state index contributed by atoms with van der Waals surface area (Å²) in [6, 6.07) is 9.05. The molecule has 4 nitrogen and oxygen atoms in total. The number of benzene rings is 2. The van der Waals surface area contributed by atoms with Crippen LogP contribution in [0.3, 0.4) is 0 Å². The first-order chi connectivity index (χ1) is 9.49. The molecule has 2 aromatic rings. The molecule has 0 unspecified atom stereocenters. The molecule has 0 spiro atoms. The van der Waals surface area contributed by atoms with E-state index in [4.69, 9.17) is 4.74 Å². The van der Waals surface area contributed by atoms with E-state index < -0.39 is 10.7 Å². The third kappa shape index (κ3) is 3.34. The number of nitrogens with zero attached hydrogens (tertiary/aromatic N) is 1. The maximum Gasteiger partial charge on any atom is 0.283 e. The van der Waals surface area contributed by atoms with Gasteiger partial charge in [0.15, 0.2) is 11.6 Å². The van der Waals surface area contributed by atoms with Crippen molar-refractivity contribution in [2.45, 2.75) is 6.61 Å². The van der Waals surface area contributed by atoms with Crippen LogP contribution < -0.4 is 4.74 Å². The zero-order chi connectivity index (χ0) is 14.7. The molecule has 0 saturated carbocycles. The van der Waals surface area contributed by atoms with Gasteiger partial charge in [-0.3, -0.25) is 10.1 Å². The fourth-order valence-electron chi connectivity index (χ4n) is 1.57. The van der Waals surface area contributed by atoms with Gasteiger partial charge in [0.25, 0.3) is 5.69 Å². The summed E-state index contributed by atoms with van der Waals surface area (Å²) in [5, 5.41) is 10.8. The summed E-state index contributed by atoms with van der Waals surface area (Å²) in [7, 11) is 0. The SMILES string of the molecule is O=[N+]([O-])c1cccc(COc2ccc(Br)cc2F)c1Br. The Kier molecular flexibility index (Phi) is 4.72. The first-order valence-electron chi connectivity index (χ1n) is 5.48. The Balaban J connectivity index is 2.19. The average molecular weight is 405 g/mol. The Hall–Kier alpha value is -1.47. The number of hydrogen-bond donors (Lipinski definition) is 0. The van der Waals surface area contributed by atoms with Crippen LogP contribution in [0.5, 0.6) is 5.75 Å². The second-order valence-electron chi connectivity index (χ2n) is 3.87. The van der Waals surface area contributed by atoms with Crippen LogP contribution in [0, 0.1) is 15.9 Å². The van der Waals surface area contributed by atoms with Gasteiger partial charge in [-0.15, -0.1) is 0 Å². The Labute approximate surface area is 131 Å². The van der Waals surface area contributed by atoms with E-state index in [0.29, 0.717) is 14.5 Å². The Bertz CT molecular complexity index is 664. The molecular weight excluding hydrogens is 397 g/mol. The highest BCUT2D eigenvalue weighted by Gasteiger charge is 2.15. The molecule has 0 N–H and O–H groups in total. The van der Waals surface area contributed by atoms with E-state index in [2.05, 4.69) is 31.9 Å². The molecule has 0 aliphatic heterocycles. The van der Waals surface area contributed by atoms with Crippen LogP contribution in [0.2, 0.25) is 0 Å². The molecule has 0 fully saturated rings. The summed E-state index contributed by atoms with van der Waals surface area (Å²) in [6.45, 7) is 0.0286. The summed E-state index contributed by atoms with van der Waals surface area (Å²) in [5.74, 6) is -0.410. The highest BCUT2D eigenvalue weighted by atomic mass is 79.9. The lowest BCUT2D eigenvalue weighted by Gasteiger charge is -2.09. The van der Waals surface area contributed by atoms with Crippen molar-refractivity contribution in [1.82, 2.24) is 0 Å². The van der Waals surface area contributed by atoms with Crippen molar-refractivity contribution in [2.24, 2.45) is 0 Å². The molecule has 0 aliphatic carbocycles. The minimum absolute atomic E-state index is 0.0286. The topological polar surface area (TPSA) is 52.4 Å². The number of rotatable bonds is 4. The van der Waals surface area contributed by atoms with E-state index in [1.165, 1.54) is 18.2 Å². The molecule has 0 saturated heterocycles. The molecule has 20 heavy (non-hydrogen) atoms. The first-order valence-corrected chi connectivity index (χ1v) is 7.07. The van der Waals surface area contributed by atoms with Gasteiger partial charge in [0, 0.05) is 16.1 Å². The maximum absolute atomic E-state index is 13.6. The molecule has 0 aliphatic rings. The molecule has 0 bridgehead atoms. The van der Waals surface area contributed by atoms with E-state index in [-0.39, 0.29) is 18.0 Å². The van der Waals surface area contributed by atoms with Crippen LogP contribution in [0.15, 0.2) is 45.3 Å². The Morgan fingerprint density at radius 2 is 2.00 bits per heavy atom. The Morgan fingerprint density at radius 1 is 1.25 bits per heavy atom. The number of nitro groups is 1. The van der Waals surface area contributed by atoms with Gasteiger partial charge >= 0.3 is 0 Å². The molecule has 0 aromatic heterocycles. The van der Waals surface area contributed by atoms with Crippen LogP contribution in [0.4, 0.5) is 10.1 Å². The quantitative estimate of drug-likeness (QED) is 0.541. The zero-order valence-electron chi connectivity index (χ0n) is 9.98. The van der Waals surface area contributed by atoms with Gasteiger partial charge in [-0.1, -0.05) is 28.1 Å². The van der Waals surface area contributed by atoms with Crippen molar-refractivity contribution in [3.8, 4) is 5.75 Å². The summed E-state index contributed by atoms with van der Waals surface area (Å²) in [5.41, 5.74) is 0.517. The third-order valence-electron chi connectivity index (χ3n) is 2.53. The molecule has 7 heteroatoms. The van der Waals surface area contributed by atoms with E-state index in [1.54, 1.807) is 18.2 Å². The predicted molar refractivity (Wildman–Crippen MR) is 79.2 cm³/mol. The van der Waals surface area contributed by atoms with Gasteiger partial charge in [0.1, 0.15) is 11.1 Å². The summed E-state index contributed by atoms with van der Waals surface area (Å²) < 4.78 is 19.9. The van der Waals surface area contributed by atoms with Crippen LogP contribution in [0.25, 0.3) is 0 Å². The van der Waals surface area contributed by atoms with Crippen molar-refractivity contribution in [3.63, 3.8) is 0 Å². The molecule has 0 radical (unpaired) electrons. The molecule has 0 atom stereocenters. The fourth-order valence-corrected chi connectivity index (χ4v) is 2.42. The molecule has 104 valence electrons. The van der Waals surface area contributed by atoms with E-state index in [9.17, 15) is 14.5 Å². The van der Waals surface area contributed by atoms with Gasteiger partial charge in [-0.25, -0.2) is 4.39 Å². The maximum atomic E-state index is 13.6. The van der Waals surface area contributed by atoms with Gasteiger partial charge in [-0.05, 0) is 34.1 Å². The van der Waals surface area contributed by atoms with Crippen molar-refractivity contribution < 1.29 is 14.1 Å². The van der Waals surface area contributed by atoms with Crippen molar-refractivity contribution in [3.05, 3.63) is 66.8 Å². The van der Waals surface area contributed by atoms with Crippen LogP contribution in [-0.2, 0) is 6.61 Å². The lowest BCUT2D eigenvalue weighted by Crippen LogP contribution is -2.00. The second kappa shape index (κ2) is 6.32. The smallest absolute Gasteiger partial charge is 0.283 e. The largest absolute Gasteiger partial charge is 0.486 e. The summed E-state index contributed by atoms with van der Waals surface area (Å²) in [6.07, 6.45) is 0. The normalized spacial score (nSPS) is 10.3. The molecule has 0 heterocycles. The average Bonchev–Trinajstić information content (AvgIpc) is 2.39. The second-order valence-corrected chi connectivity index (χ2v) is 5.58. The minimum atomic E-state index is -0.499. The lowest BCUT2D eigenvalue weighted by atomic mass is 10.2. The lowest BCUT2D eigenvalue weighted by molar-refractivity contribution is -0.385. The molecular formula is C13H8Br2FNO3. The van der Waals surface area contributed by atoms with Crippen molar-refractivity contribution in [2.75, 3.05) is 0 Å². The number of nitro benzene ring substituents is 1. The highest BCUT2D eigenvalue weighted by molar-refractivity contribution is 9.10. The van der Waals surface area contributed by atoms with Gasteiger partial charge < -0.3 is 4.74 Å². The van der Waals surface area contributed by atoms with Crippen molar-refractivity contribution in [1.29, 1.82) is 0 Å². The molecule has 2 aromatic carbocycles. The summed E-state index contributed by atoms with van der Waals surface area (Å²) >= 11 is 6.31. The third-order valence-corrected chi connectivity index (χ3v) is 3.94. The monoisotopic (exact) mass is 403 g/mol. The molecule has 0 amide bonds. The van der Waals surface area contributed by atoms with E-state index >= 15 is 0 Å². The summed E-state index contributed by atoms with van der Waals surface area (Å²) in [4.78, 5) is 10.3. The fraction of sp³-hybridized carbons (Fsp3) is 0.0769. The highest BCUT2D eigenvalue weighted by Crippen LogP contribution is 2.29. The van der Waals surface area contributed by atoms with Gasteiger partial charge in [0.2, 0.25) is 0 Å². The van der Waals surface area contributed by atoms with Gasteiger partial charge in [-0.2, -0.15) is 0 Å². The van der Waals surface area contributed by atoms with E-state index in [1.807, 2.05) is 0 Å². The van der Waals surface area contributed by atoms with Crippen molar-refractivity contribution >= 4 is 37.5 Å². The standard InChI is InChI=1S/C13H8Br2FNO3/c14-9-4-5-12(10(16)6-9)20-7-8-2-1-3-11(13(8)15)17(18)19/h1-6H,7H2. The van der Waals surface area contributed by atoms with E-state index in [0.717, 1.165) is 0 Å². The zero-order valence-corrected chi connectivity index (χ0v) is 13.1. The Morgan fingerprint density at radius 3 is 2.65 bits per heavy atom. The molecule has 2 rings (SSSR count). The van der Waals surface area contributed by atoms with Crippen LogP contribution in [0.1, 0.15) is 5.56 Å².